The minimum Gasteiger partial charge on any atom is -0.386 e. The highest BCUT2D eigenvalue weighted by Gasteiger charge is 2.39. The molecule has 1 fully saturated rings. The second-order valence-electron chi connectivity index (χ2n) is 4.03. The summed E-state index contributed by atoms with van der Waals surface area (Å²) in [5.41, 5.74) is -0.542. The summed E-state index contributed by atoms with van der Waals surface area (Å²) < 4.78 is 12.7. The minimum atomic E-state index is -0.804. The average molecular weight is 210 g/mol. The van der Waals surface area contributed by atoms with Gasteiger partial charge < -0.3 is 10.0 Å². The highest BCUT2D eigenvalue weighted by atomic mass is 19.1. The van der Waals surface area contributed by atoms with Crippen LogP contribution in [0.15, 0.2) is 18.3 Å². The van der Waals surface area contributed by atoms with Crippen molar-refractivity contribution in [3.63, 3.8) is 0 Å². The number of amides is 1. The zero-order chi connectivity index (χ0) is 11.1. The maximum atomic E-state index is 12.7. The fourth-order valence-electron chi connectivity index (χ4n) is 1.64. The Labute approximate surface area is 86.4 Å². The number of rotatable bonds is 1. The molecule has 0 radical (unpaired) electrons. The zero-order valence-corrected chi connectivity index (χ0v) is 8.27. The lowest BCUT2D eigenvalue weighted by Crippen LogP contribution is -2.61. The van der Waals surface area contributed by atoms with Crippen molar-refractivity contribution >= 4 is 5.91 Å². The Kier molecular flexibility index (Phi) is 2.19. The molecule has 80 valence electrons. The summed E-state index contributed by atoms with van der Waals surface area (Å²) >= 11 is 0. The standard InChI is InChI=1S/C10H11FN2O2/c1-10(15)5-13(6-10)9(14)7-2-3-12-8(11)4-7/h2-4,15H,5-6H2,1H3. The second-order valence-corrected chi connectivity index (χ2v) is 4.03. The molecule has 15 heavy (non-hydrogen) atoms. The van der Waals surface area contributed by atoms with E-state index in [1.165, 1.54) is 17.2 Å². The Morgan fingerprint density at radius 3 is 2.87 bits per heavy atom. The maximum absolute atomic E-state index is 12.7. The van der Waals surface area contributed by atoms with Gasteiger partial charge in [-0.1, -0.05) is 0 Å². The number of nitrogens with zero attached hydrogens (tertiary/aromatic N) is 2. The van der Waals surface area contributed by atoms with E-state index in [0.717, 1.165) is 6.07 Å². The Balaban J connectivity index is 2.10. The molecule has 1 saturated heterocycles. The van der Waals surface area contributed by atoms with E-state index < -0.39 is 11.5 Å². The van der Waals surface area contributed by atoms with E-state index in [2.05, 4.69) is 4.98 Å². The van der Waals surface area contributed by atoms with E-state index in [-0.39, 0.29) is 24.6 Å². The van der Waals surface area contributed by atoms with E-state index in [1.54, 1.807) is 6.92 Å². The number of pyridine rings is 1. The number of hydrogen-bond acceptors (Lipinski definition) is 3. The van der Waals surface area contributed by atoms with Gasteiger partial charge in [0.15, 0.2) is 0 Å². The molecule has 0 aliphatic carbocycles. The van der Waals surface area contributed by atoms with Gasteiger partial charge in [-0.3, -0.25) is 4.79 Å². The van der Waals surface area contributed by atoms with Crippen molar-refractivity contribution in [2.75, 3.05) is 13.1 Å². The fourth-order valence-corrected chi connectivity index (χ4v) is 1.64. The van der Waals surface area contributed by atoms with Crippen LogP contribution in [0.25, 0.3) is 0 Å². The van der Waals surface area contributed by atoms with Crippen molar-refractivity contribution in [2.45, 2.75) is 12.5 Å². The molecule has 0 atom stereocenters. The number of hydrogen-bond donors (Lipinski definition) is 1. The normalized spacial score (nSPS) is 18.5. The molecule has 0 bridgehead atoms. The zero-order valence-electron chi connectivity index (χ0n) is 8.27. The Hall–Kier alpha value is -1.49. The van der Waals surface area contributed by atoms with Gasteiger partial charge in [0.2, 0.25) is 5.95 Å². The molecule has 0 aromatic carbocycles. The van der Waals surface area contributed by atoms with Gasteiger partial charge >= 0.3 is 0 Å². The molecule has 4 nitrogen and oxygen atoms in total. The second kappa shape index (κ2) is 3.27. The molecule has 0 unspecified atom stereocenters. The van der Waals surface area contributed by atoms with Crippen molar-refractivity contribution in [1.82, 2.24) is 9.88 Å². The molecule has 0 spiro atoms. The first-order valence-corrected chi connectivity index (χ1v) is 4.61. The summed E-state index contributed by atoms with van der Waals surface area (Å²) in [6.07, 6.45) is 1.25. The first kappa shape index (κ1) is 10.0. The predicted octanol–water partition coefficient (Wildman–Crippen LogP) is 0.428. The van der Waals surface area contributed by atoms with Crippen LogP contribution in [0, 0.1) is 5.95 Å². The van der Waals surface area contributed by atoms with Crippen LogP contribution >= 0.6 is 0 Å². The van der Waals surface area contributed by atoms with Gasteiger partial charge in [-0.2, -0.15) is 4.39 Å². The topological polar surface area (TPSA) is 53.4 Å². The number of carbonyl (C=O) groups excluding carboxylic acids is 1. The minimum absolute atomic E-state index is 0.262. The average Bonchev–Trinajstić information content (AvgIpc) is 2.13. The van der Waals surface area contributed by atoms with Crippen LogP contribution in [0.2, 0.25) is 0 Å². The lowest BCUT2D eigenvalue weighted by Gasteiger charge is -2.44. The highest BCUT2D eigenvalue weighted by molar-refractivity contribution is 5.94. The number of halogens is 1. The van der Waals surface area contributed by atoms with Crippen molar-refractivity contribution < 1.29 is 14.3 Å². The fraction of sp³-hybridized carbons (Fsp3) is 0.400. The van der Waals surface area contributed by atoms with Crippen LogP contribution in [0.3, 0.4) is 0 Å². The summed E-state index contributed by atoms with van der Waals surface area (Å²) in [4.78, 5) is 16.5. The van der Waals surface area contributed by atoms with Crippen LogP contribution in [0.4, 0.5) is 4.39 Å². The molecule has 1 N–H and O–H groups in total. The van der Waals surface area contributed by atoms with Gasteiger partial charge in [0.1, 0.15) is 0 Å². The van der Waals surface area contributed by atoms with E-state index in [4.69, 9.17) is 0 Å². The van der Waals surface area contributed by atoms with Gasteiger partial charge in [0, 0.05) is 17.8 Å². The third kappa shape index (κ3) is 1.97. The monoisotopic (exact) mass is 210 g/mol. The summed E-state index contributed by atoms with van der Waals surface area (Å²) in [6, 6.07) is 2.55. The number of likely N-dealkylation sites (tertiary alicyclic amines) is 1. The molecule has 2 rings (SSSR count). The number of β-amino-alcohol motifs (C(OH)–C–C–N with tert-alkyl or cyclic N) is 1. The smallest absolute Gasteiger partial charge is 0.254 e. The van der Waals surface area contributed by atoms with Crippen LogP contribution in [-0.2, 0) is 0 Å². The summed E-state index contributed by atoms with van der Waals surface area (Å²) in [5.74, 6) is -0.948. The van der Waals surface area contributed by atoms with Crippen molar-refractivity contribution in [3.05, 3.63) is 29.8 Å². The van der Waals surface area contributed by atoms with E-state index in [1.807, 2.05) is 0 Å². The molecule has 2 heterocycles. The van der Waals surface area contributed by atoms with E-state index in [0.29, 0.717) is 0 Å². The van der Waals surface area contributed by atoms with Crippen LogP contribution < -0.4 is 0 Å². The molecule has 1 aliphatic heterocycles. The van der Waals surface area contributed by atoms with E-state index >= 15 is 0 Å². The van der Waals surface area contributed by atoms with Crippen LogP contribution in [0.5, 0.6) is 0 Å². The lowest BCUT2D eigenvalue weighted by atomic mass is 9.96. The summed E-state index contributed by atoms with van der Waals surface area (Å²) in [6.45, 7) is 2.23. The molecule has 1 aromatic rings. The highest BCUT2D eigenvalue weighted by Crippen LogP contribution is 2.21. The van der Waals surface area contributed by atoms with Gasteiger partial charge in [0.25, 0.3) is 5.91 Å². The largest absolute Gasteiger partial charge is 0.386 e. The van der Waals surface area contributed by atoms with Crippen molar-refractivity contribution in [2.24, 2.45) is 0 Å². The van der Waals surface area contributed by atoms with Gasteiger partial charge in [-0.25, -0.2) is 4.98 Å². The summed E-state index contributed by atoms with van der Waals surface area (Å²) in [5, 5.41) is 9.45. The number of aromatic nitrogens is 1. The molecular weight excluding hydrogens is 199 g/mol. The molecular formula is C10H11FN2O2. The molecule has 1 aromatic heterocycles. The first-order valence-electron chi connectivity index (χ1n) is 4.61. The van der Waals surface area contributed by atoms with Crippen molar-refractivity contribution in [3.8, 4) is 0 Å². The third-order valence-electron chi connectivity index (χ3n) is 2.32. The first-order chi connectivity index (χ1) is 6.98. The Bertz CT molecular complexity index is 398. The number of aliphatic hydroxyl groups is 1. The molecule has 1 amide bonds. The predicted molar refractivity (Wildman–Crippen MR) is 50.7 cm³/mol. The Morgan fingerprint density at radius 2 is 2.33 bits per heavy atom. The van der Waals surface area contributed by atoms with Gasteiger partial charge in [-0.05, 0) is 13.0 Å². The van der Waals surface area contributed by atoms with Gasteiger partial charge in [-0.15, -0.1) is 0 Å². The van der Waals surface area contributed by atoms with Crippen molar-refractivity contribution in [1.29, 1.82) is 0 Å². The van der Waals surface area contributed by atoms with Gasteiger partial charge in [0.05, 0.1) is 18.7 Å². The summed E-state index contributed by atoms with van der Waals surface area (Å²) in [7, 11) is 0. The number of carbonyl (C=O) groups is 1. The third-order valence-corrected chi connectivity index (χ3v) is 2.32. The molecule has 1 aliphatic rings. The molecule has 0 saturated carbocycles. The molecule has 5 heteroatoms. The lowest BCUT2D eigenvalue weighted by molar-refractivity contribution is -0.0668. The van der Waals surface area contributed by atoms with Crippen LogP contribution in [-0.4, -0.2) is 39.6 Å². The van der Waals surface area contributed by atoms with Crippen LogP contribution in [0.1, 0.15) is 17.3 Å². The maximum Gasteiger partial charge on any atom is 0.254 e. The van der Waals surface area contributed by atoms with E-state index in [9.17, 15) is 14.3 Å². The Morgan fingerprint density at radius 1 is 1.67 bits per heavy atom. The SMILES string of the molecule is CC1(O)CN(C(=O)c2ccnc(F)c2)C1. The quantitative estimate of drug-likeness (QED) is 0.684.